The Balaban J connectivity index is 1.96. The van der Waals surface area contributed by atoms with Gasteiger partial charge in [-0.2, -0.15) is 15.1 Å². The van der Waals surface area contributed by atoms with Crippen LogP contribution in [0.2, 0.25) is 5.02 Å². The van der Waals surface area contributed by atoms with Gasteiger partial charge in [0.05, 0.1) is 23.2 Å². The Labute approximate surface area is 257 Å². The van der Waals surface area contributed by atoms with Crippen molar-refractivity contribution < 1.29 is 13.9 Å². The summed E-state index contributed by atoms with van der Waals surface area (Å²) in [6.45, 7) is 17.6. The van der Waals surface area contributed by atoms with Crippen LogP contribution in [-0.2, 0) is 11.8 Å². The van der Waals surface area contributed by atoms with Gasteiger partial charge in [0.2, 0.25) is 5.91 Å². The van der Waals surface area contributed by atoms with Crippen LogP contribution >= 0.6 is 11.6 Å². The first kappa shape index (κ1) is 32.2. The molecule has 1 fully saturated rings. The van der Waals surface area contributed by atoms with Crippen LogP contribution in [0.15, 0.2) is 37.1 Å². The lowest BCUT2D eigenvalue weighted by Crippen LogP contribution is -2.58. The van der Waals surface area contributed by atoms with Crippen LogP contribution in [0.25, 0.3) is 22.6 Å². The van der Waals surface area contributed by atoms with Gasteiger partial charge in [0.15, 0.2) is 5.82 Å². The van der Waals surface area contributed by atoms with Crippen molar-refractivity contribution in [2.45, 2.75) is 46.2 Å². The number of rotatable bonds is 9. The maximum Gasteiger partial charge on any atom is 0.319 e. The van der Waals surface area contributed by atoms with Gasteiger partial charge in [0.25, 0.3) is 0 Å². The van der Waals surface area contributed by atoms with Crippen LogP contribution in [0.1, 0.15) is 39.7 Å². The van der Waals surface area contributed by atoms with E-state index in [4.69, 9.17) is 21.3 Å². The molecule has 43 heavy (non-hydrogen) atoms. The lowest BCUT2D eigenvalue weighted by Gasteiger charge is -2.44. The van der Waals surface area contributed by atoms with E-state index in [-0.39, 0.29) is 40.1 Å². The number of piperazine rings is 1. The number of anilines is 1. The average molecular weight is 610 g/mol. The second-order valence-electron chi connectivity index (χ2n) is 11.3. The summed E-state index contributed by atoms with van der Waals surface area (Å²) >= 11 is 6.93. The van der Waals surface area contributed by atoms with Crippen molar-refractivity contribution in [1.29, 1.82) is 0 Å². The summed E-state index contributed by atoms with van der Waals surface area (Å²) < 4.78 is 24.6. The van der Waals surface area contributed by atoms with Crippen LogP contribution < -0.4 is 20.2 Å². The molecule has 9 nitrogen and oxygen atoms in total. The van der Waals surface area contributed by atoms with E-state index in [0.29, 0.717) is 47.4 Å². The molecule has 1 aromatic carbocycles. The minimum atomic E-state index is -0.591. The third-order valence-corrected chi connectivity index (χ3v) is 8.03. The van der Waals surface area contributed by atoms with E-state index in [1.165, 1.54) is 6.08 Å². The molecule has 1 aliphatic rings. The van der Waals surface area contributed by atoms with E-state index in [9.17, 15) is 4.79 Å². The number of aromatic nitrogens is 4. The van der Waals surface area contributed by atoms with E-state index < -0.39 is 5.82 Å². The first-order chi connectivity index (χ1) is 20.4. The normalized spacial score (nSPS) is 18.4. The molecule has 230 valence electrons. The highest BCUT2D eigenvalue weighted by Crippen LogP contribution is 2.38. The van der Waals surface area contributed by atoms with E-state index in [1.807, 2.05) is 47.9 Å². The Hall–Kier alpha value is -3.76. The first-order valence-electron chi connectivity index (χ1n) is 14.4. The molecular weight excluding hydrogens is 569 g/mol. The highest BCUT2D eigenvalue weighted by atomic mass is 35.5. The Morgan fingerprint density at radius 3 is 2.60 bits per heavy atom. The average Bonchev–Trinajstić information content (AvgIpc) is 3.33. The van der Waals surface area contributed by atoms with Crippen molar-refractivity contribution in [3.8, 4) is 6.01 Å². The molecule has 0 bridgehead atoms. The number of halogens is 2. The summed E-state index contributed by atoms with van der Waals surface area (Å²) in [5.74, 6) is -0.214. The largest absolute Gasteiger partial charge is 0.463 e. The van der Waals surface area contributed by atoms with Crippen molar-refractivity contribution in [2.24, 2.45) is 7.05 Å². The third kappa shape index (κ3) is 6.45. The molecule has 1 saturated heterocycles. The molecule has 2 atom stereocenters. The number of amides is 1. The zero-order chi connectivity index (χ0) is 31.6. The van der Waals surface area contributed by atoms with Gasteiger partial charge in [0, 0.05) is 60.5 Å². The summed E-state index contributed by atoms with van der Waals surface area (Å²) in [6, 6.07) is 1.54. The lowest BCUT2D eigenvalue weighted by molar-refractivity contribution is -0.128. The zero-order valence-corrected chi connectivity index (χ0v) is 26.9. The first-order valence-corrected chi connectivity index (χ1v) is 14.8. The summed E-state index contributed by atoms with van der Waals surface area (Å²) in [4.78, 5) is 27.8. The number of nitrogens with zero attached hydrogens (tertiary/aromatic N) is 7. The minimum Gasteiger partial charge on any atom is -0.463 e. The topological polar surface area (TPSA) is 79.6 Å². The van der Waals surface area contributed by atoms with Gasteiger partial charge in [-0.25, -0.2) is 4.39 Å². The van der Waals surface area contributed by atoms with Gasteiger partial charge in [-0.05, 0) is 65.9 Å². The van der Waals surface area contributed by atoms with E-state index in [2.05, 4.69) is 33.0 Å². The zero-order valence-electron chi connectivity index (χ0n) is 26.1. The Bertz CT molecular complexity index is 1680. The van der Waals surface area contributed by atoms with Crippen molar-refractivity contribution in [3.63, 3.8) is 0 Å². The molecule has 2 aromatic heterocycles. The molecule has 0 radical (unpaired) electrons. The van der Waals surface area contributed by atoms with Gasteiger partial charge < -0.3 is 19.4 Å². The summed E-state index contributed by atoms with van der Waals surface area (Å²) in [7, 11) is 5.78. The summed E-state index contributed by atoms with van der Waals surface area (Å²) in [5, 5.41) is 6.59. The van der Waals surface area contributed by atoms with Crippen LogP contribution in [0.4, 0.5) is 10.2 Å². The number of benzene rings is 1. The molecule has 3 heterocycles. The van der Waals surface area contributed by atoms with E-state index in [1.54, 1.807) is 28.9 Å². The van der Waals surface area contributed by atoms with Crippen LogP contribution in [-0.4, -0.2) is 87.9 Å². The predicted octanol–water partition coefficient (Wildman–Crippen LogP) is 3.67. The monoisotopic (exact) mass is 609 g/mol. The molecule has 0 unspecified atom stereocenters. The fourth-order valence-corrected chi connectivity index (χ4v) is 5.86. The molecule has 0 saturated carbocycles. The summed E-state index contributed by atoms with van der Waals surface area (Å²) in [5.41, 5.74) is 1.47. The van der Waals surface area contributed by atoms with Crippen molar-refractivity contribution in [3.05, 3.63) is 64.0 Å². The molecule has 0 aliphatic carbocycles. The highest BCUT2D eigenvalue weighted by Gasteiger charge is 2.34. The van der Waals surface area contributed by atoms with E-state index >= 15 is 4.39 Å². The van der Waals surface area contributed by atoms with Crippen LogP contribution in [0, 0.1) is 5.82 Å². The second-order valence-corrected chi connectivity index (χ2v) is 11.7. The minimum absolute atomic E-state index is 0.0814. The maximum absolute atomic E-state index is 16.9. The third-order valence-electron chi connectivity index (χ3n) is 7.73. The van der Waals surface area contributed by atoms with Crippen LogP contribution in [0.3, 0.4) is 0 Å². The molecular formula is C32H41ClFN7O2. The number of fused-ring (bicyclic) bond motifs is 1. The molecule has 1 aliphatic heterocycles. The maximum atomic E-state index is 16.9. The SMILES string of the molecule is C=CC(=O)N1C[C@H](C)N(c2nc(OCCCN(C)C)nc3c(F)c(/C(C(=C)C)=c4/c(=C\C)cnn4C)c(Cl)cc23)C[C@H]1C. The van der Waals surface area contributed by atoms with Crippen LogP contribution in [0.5, 0.6) is 6.01 Å². The molecule has 0 spiro atoms. The van der Waals surface area contributed by atoms with Gasteiger partial charge >= 0.3 is 6.01 Å². The predicted molar refractivity (Wildman–Crippen MR) is 171 cm³/mol. The Kier molecular flexibility index (Phi) is 9.92. The van der Waals surface area contributed by atoms with Gasteiger partial charge in [-0.3, -0.25) is 9.48 Å². The number of hydrogen-bond acceptors (Lipinski definition) is 7. The number of hydrogen-bond donors (Lipinski definition) is 0. The fraction of sp³-hybridized carbons (Fsp3) is 0.438. The number of allylic oxidation sites excluding steroid dienone is 1. The van der Waals surface area contributed by atoms with Crippen molar-refractivity contribution >= 4 is 45.9 Å². The molecule has 1 amide bonds. The smallest absolute Gasteiger partial charge is 0.319 e. The number of aryl methyl sites for hydroxylation is 1. The second kappa shape index (κ2) is 13.3. The van der Waals surface area contributed by atoms with E-state index in [0.717, 1.165) is 18.2 Å². The summed E-state index contributed by atoms with van der Waals surface area (Å²) in [6.07, 6.45) is 5.72. The molecule has 3 aromatic rings. The molecule has 4 rings (SSSR count). The van der Waals surface area contributed by atoms with Crippen molar-refractivity contribution in [1.82, 2.24) is 29.5 Å². The Morgan fingerprint density at radius 2 is 1.98 bits per heavy atom. The number of ether oxygens (including phenoxy) is 1. The molecule has 11 heteroatoms. The molecule has 0 N–H and O–H groups in total. The van der Waals surface area contributed by atoms with Gasteiger partial charge in [-0.1, -0.05) is 30.8 Å². The number of carbonyl (C=O) groups excluding carboxylic acids is 1. The highest BCUT2D eigenvalue weighted by molar-refractivity contribution is 6.33. The van der Waals surface area contributed by atoms with Gasteiger partial charge in [-0.15, -0.1) is 0 Å². The van der Waals surface area contributed by atoms with Gasteiger partial charge in [0.1, 0.15) is 11.3 Å². The van der Waals surface area contributed by atoms with Crippen molar-refractivity contribution in [2.75, 3.05) is 45.2 Å². The number of carbonyl (C=O) groups is 1. The quantitative estimate of drug-likeness (QED) is 0.271. The lowest BCUT2D eigenvalue weighted by atomic mass is 9.96. The standard InChI is InChI=1S/C32H41ClFN7O2/c1-10-22-16-35-39(9)30(22)26(19(3)4)27-24(33)15-23-29(28(27)34)36-32(43-14-12-13-38(7)8)37-31(23)41-18-20(5)40(17-21(41)6)25(42)11-2/h10-11,15-16,20-21H,2-3,12-14,17-18H2,1,4-9H3/b22-10-,30-26-/t20-,21+/m1/s1. The fourth-order valence-electron chi connectivity index (χ4n) is 5.57. The Morgan fingerprint density at radius 1 is 1.26 bits per heavy atom.